The second-order valence-corrected chi connectivity index (χ2v) is 32.0. The van der Waals surface area contributed by atoms with Crippen molar-refractivity contribution in [3.63, 3.8) is 0 Å². The summed E-state index contributed by atoms with van der Waals surface area (Å²) in [5.74, 6) is -0.388. The van der Waals surface area contributed by atoms with Crippen molar-refractivity contribution in [1.29, 1.82) is 21.0 Å². The first-order valence-electron chi connectivity index (χ1n) is 31.9. The van der Waals surface area contributed by atoms with Crippen LogP contribution in [0, 0.1) is 73.0 Å². The molecular weight excluding hydrogens is 1310 g/mol. The highest BCUT2D eigenvalue weighted by Gasteiger charge is 2.54. The predicted octanol–water partition coefficient (Wildman–Crippen LogP) is 23.0. The van der Waals surface area contributed by atoms with Crippen LogP contribution in [0.4, 0.5) is 0 Å². The average Bonchev–Trinajstić information content (AvgIpc) is 1.49. The van der Waals surface area contributed by atoms with E-state index in [0.29, 0.717) is 44.5 Å². The van der Waals surface area contributed by atoms with E-state index in [1.165, 1.54) is 106 Å². The van der Waals surface area contributed by atoms with Crippen LogP contribution in [0.3, 0.4) is 0 Å². The number of allylic oxidation sites excluding steroid dienone is 6. The SMILES string of the molecule is Cc1ccc(C2(c3ccc(C)cc3)c3cc4sc(-c5ccc(/C=C6\C(=O)c7ccccc7C6=C(C#N)C#N)s5)cc4cc3-c3sc4c5c(sc4c32)-c2cc3cc(-c4ccc(/C=C6\C(=O)c7ccccc7C6=C(C#N)C#N)s4)sc3cc2C5(c2ccc(C)cc2)c2ccc(C)cc2)cc1. The number of Topliss-reactive ketones (excluding diaryl/α,β-unsaturated/α-hetero) is 2. The Bertz CT molecular complexity index is 5730. The molecule has 18 rings (SSSR count). The molecule has 0 spiro atoms. The number of nitriles is 4. The highest BCUT2D eigenvalue weighted by molar-refractivity contribution is 7.32. The van der Waals surface area contributed by atoms with Crippen molar-refractivity contribution in [2.45, 2.75) is 38.5 Å². The maximum atomic E-state index is 14.0. The quantitative estimate of drug-likeness (QED) is 0.110. The molecule has 4 aliphatic carbocycles. The minimum atomic E-state index is -0.729. The molecule has 460 valence electrons. The van der Waals surface area contributed by atoms with Crippen LogP contribution in [0.1, 0.15) is 108 Å². The molecule has 4 aliphatic rings. The zero-order valence-electron chi connectivity index (χ0n) is 52.8. The molecule has 0 saturated carbocycles. The van der Waals surface area contributed by atoms with E-state index in [0.717, 1.165) is 40.0 Å². The van der Waals surface area contributed by atoms with Gasteiger partial charge in [0.2, 0.25) is 0 Å². The van der Waals surface area contributed by atoms with Gasteiger partial charge in [0, 0.05) is 93.0 Å². The maximum Gasteiger partial charge on any atom is 0.194 e. The molecule has 8 aromatic carbocycles. The first-order chi connectivity index (χ1) is 47.8. The lowest BCUT2D eigenvalue weighted by Gasteiger charge is -2.34. The van der Waals surface area contributed by atoms with Crippen molar-refractivity contribution in [1.82, 2.24) is 0 Å². The Balaban J connectivity index is 0.836. The Hall–Kier alpha value is -11.0. The molecule has 6 heterocycles. The van der Waals surface area contributed by atoms with E-state index in [2.05, 4.69) is 198 Å². The van der Waals surface area contributed by atoms with E-state index < -0.39 is 10.8 Å². The molecule has 0 aliphatic heterocycles. The lowest BCUT2D eigenvalue weighted by atomic mass is 9.66. The lowest BCUT2D eigenvalue weighted by Crippen LogP contribution is -2.29. The number of aryl methyl sites for hydroxylation is 4. The van der Waals surface area contributed by atoms with E-state index in [1.807, 2.05) is 83.4 Å². The summed E-state index contributed by atoms with van der Waals surface area (Å²) in [4.78, 5) is 36.6. The van der Waals surface area contributed by atoms with Gasteiger partial charge in [0.15, 0.2) is 11.6 Å². The number of ketones is 2. The Morgan fingerprint density at radius 2 is 0.694 bits per heavy atom. The van der Waals surface area contributed by atoms with E-state index >= 15 is 0 Å². The van der Waals surface area contributed by atoms with Crippen LogP contribution in [0.15, 0.2) is 229 Å². The zero-order chi connectivity index (χ0) is 66.6. The molecule has 14 aromatic rings. The van der Waals surface area contributed by atoms with Gasteiger partial charge in [-0.1, -0.05) is 168 Å². The van der Waals surface area contributed by atoms with Crippen LogP contribution in [-0.2, 0) is 10.8 Å². The summed E-state index contributed by atoms with van der Waals surface area (Å²) in [5, 5.41) is 42.6. The summed E-state index contributed by atoms with van der Waals surface area (Å²) in [5.41, 5.74) is 19.2. The molecule has 12 heteroatoms. The molecule has 98 heavy (non-hydrogen) atoms. The maximum absolute atomic E-state index is 14.0. The standard InChI is InChI=1S/C86H48N4O2S6/c1-45-13-21-53(22-14-45)85(54-23-15-46(2)16-24-54)67-39-71-49(35-73(95-71)69-31-29-57(93-69)37-65-75(51(41-87)42-88)59-9-5-7-11-61(59)79(65)91)33-63(67)81-77(85)83-84(97-81)78-82(98-83)64-34-50-36-74(70-32-30-58(94-70)38-66-76(52(43-89)44-90)60-10-6-8-12-62(60)80(66)92)96-72(50)40-68(64)86(78,55-25-17-47(3)18-26-55)56-27-19-48(4)20-28-56/h5-40H,1-4H3/b65-37-,66-38-. The molecule has 0 bridgehead atoms. The third-order valence-corrected chi connectivity index (χ3v) is 27.3. The van der Waals surface area contributed by atoms with Crippen molar-refractivity contribution in [2.24, 2.45) is 0 Å². The first-order valence-corrected chi connectivity index (χ1v) is 36.8. The third-order valence-electron chi connectivity index (χ3n) is 20.0. The van der Waals surface area contributed by atoms with E-state index in [4.69, 9.17) is 0 Å². The Kier molecular flexibility index (Phi) is 13.5. The Morgan fingerprint density at radius 1 is 0.357 bits per heavy atom. The smallest absolute Gasteiger partial charge is 0.194 e. The minimum Gasteiger partial charge on any atom is -0.289 e. The normalized spacial score (nSPS) is 15.1. The van der Waals surface area contributed by atoms with Crippen LogP contribution in [0.5, 0.6) is 0 Å². The van der Waals surface area contributed by atoms with E-state index in [-0.39, 0.29) is 22.7 Å². The molecule has 0 radical (unpaired) electrons. The van der Waals surface area contributed by atoms with Crippen molar-refractivity contribution >= 4 is 132 Å². The highest BCUT2D eigenvalue weighted by atomic mass is 32.1. The summed E-state index contributed by atoms with van der Waals surface area (Å²) in [6.07, 6.45) is 3.68. The average molecular weight is 1360 g/mol. The fourth-order valence-corrected chi connectivity index (χ4v) is 22.9. The number of nitrogens with zero attached hydrogens (tertiary/aromatic N) is 4. The van der Waals surface area contributed by atoms with E-state index in [1.54, 1.807) is 57.5 Å². The molecule has 6 nitrogen and oxygen atoms in total. The summed E-state index contributed by atoms with van der Waals surface area (Å²) in [7, 11) is 0. The van der Waals surface area contributed by atoms with Crippen molar-refractivity contribution in [3.05, 3.63) is 327 Å². The number of carbonyl (C=O) groups is 2. The van der Waals surface area contributed by atoms with Gasteiger partial charge < -0.3 is 0 Å². The number of thiophene rings is 6. The molecular formula is C86H48N4O2S6. The number of hydrogen-bond acceptors (Lipinski definition) is 12. The second kappa shape index (κ2) is 22.3. The van der Waals surface area contributed by atoms with E-state index in [9.17, 15) is 30.6 Å². The Morgan fingerprint density at radius 3 is 1.03 bits per heavy atom. The van der Waals surface area contributed by atoms with Crippen LogP contribution in [0.2, 0.25) is 0 Å². The van der Waals surface area contributed by atoms with Gasteiger partial charge in [0.1, 0.15) is 35.4 Å². The molecule has 0 fully saturated rings. The number of benzene rings is 8. The number of rotatable bonds is 8. The molecule has 0 amide bonds. The van der Waals surface area contributed by atoms with Gasteiger partial charge in [0.25, 0.3) is 0 Å². The highest BCUT2D eigenvalue weighted by Crippen LogP contribution is 2.69. The largest absolute Gasteiger partial charge is 0.289 e. The van der Waals surface area contributed by atoms with Gasteiger partial charge in [-0.05, 0) is 167 Å². The third kappa shape index (κ3) is 8.54. The van der Waals surface area contributed by atoms with Gasteiger partial charge in [-0.25, -0.2) is 0 Å². The van der Waals surface area contributed by atoms with Gasteiger partial charge in [-0.3, -0.25) is 9.59 Å². The minimum absolute atomic E-state index is 0.0790. The molecule has 0 N–H and O–H groups in total. The topological polar surface area (TPSA) is 129 Å². The summed E-state index contributed by atoms with van der Waals surface area (Å²) >= 11 is 10.6. The van der Waals surface area contributed by atoms with Crippen LogP contribution >= 0.6 is 68.0 Å². The number of carbonyl (C=O) groups excluding carboxylic acids is 2. The predicted molar refractivity (Wildman–Crippen MR) is 404 cm³/mol. The van der Waals surface area contributed by atoms with Crippen LogP contribution in [0.25, 0.3) is 93.3 Å². The van der Waals surface area contributed by atoms with Crippen molar-refractivity contribution < 1.29 is 9.59 Å². The lowest BCUT2D eigenvalue weighted by molar-refractivity contribution is 0.103. The zero-order valence-corrected chi connectivity index (χ0v) is 57.7. The fourth-order valence-electron chi connectivity index (χ4n) is 15.5. The summed E-state index contributed by atoms with van der Waals surface area (Å²) in [6, 6.07) is 82.3. The monoisotopic (exact) mass is 1360 g/mol. The van der Waals surface area contributed by atoms with Gasteiger partial charge in [-0.15, -0.1) is 68.0 Å². The van der Waals surface area contributed by atoms with Crippen LogP contribution in [-0.4, -0.2) is 11.6 Å². The van der Waals surface area contributed by atoms with Gasteiger partial charge in [-0.2, -0.15) is 21.0 Å². The Labute approximate surface area is 588 Å². The van der Waals surface area contributed by atoms with Crippen LogP contribution < -0.4 is 0 Å². The number of hydrogen-bond donors (Lipinski definition) is 0. The fraction of sp³-hybridized carbons (Fsp3) is 0.0698. The molecule has 0 atom stereocenters. The molecule has 0 saturated heterocycles. The summed E-state index contributed by atoms with van der Waals surface area (Å²) < 4.78 is 4.91. The second-order valence-electron chi connectivity index (χ2n) is 25.5. The van der Waals surface area contributed by atoms with Gasteiger partial charge in [0.05, 0.1) is 20.2 Å². The summed E-state index contributed by atoms with van der Waals surface area (Å²) in [6.45, 7) is 8.65. The van der Waals surface area contributed by atoms with Crippen molar-refractivity contribution in [2.75, 3.05) is 0 Å². The van der Waals surface area contributed by atoms with Crippen molar-refractivity contribution in [3.8, 4) is 64.7 Å². The number of fused-ring (bicyclic) bond motifs is 13. The molecule has 0 unspecified atom stereocenters. The first kappa shape index (κ1) is 59.5. The van der Waals surface area contributed by atoms with Gasteiger partial charge >= 0.3 is 0 Å². The molecule has 6 aromatic heterocycles.